The molecule has 0 atom stereocenters. The normalized spacial score (nSPS) is 19.2. The van der Waals surface area contributed by atoms with E-state index in [9.17, 15) is 14.4 Å². The molecule has 8 heteroatoms. The van der Waals surface area contributed by atoms with Gasteiger partial charge < -0.3 is 4.98 Å². The number of carbonyl (C=O) groups is 3. The summed E-state index contributed by atoms with van der Waals surface area (Å²) < 4.78 is 0. The van der Waals surface area contributed by atoms with Crippen molar-refractivity contribution in [1.29, 1.82) is 0 Å². The lowest BCUT2D eigenvalue weighted by Crippen LogP contribution is -2.51. The van der Waals surface area contributed by atoms with Crippen LogP contribution in [-0.4, -0.2) is 55.7 Å². The number of H-pyrrole nitrogens is 1. The number of rotatable bonds is 4. The Morgan fingerprint density at radius 2 is 1.73 bits per heavy atom. The predicted molar refractivity (Wildman–Crippen MR) is 122 cm³/mol. The van der Waals surface area contributed by atoms with E-state index in [-0.39, 0.29) is 37.1 Å². The number of nitrogens with one attached hydrogen (secondary N) is 1. The number of hydrogen-bond donors (Lipinski definition) is 1. The molecule has 33 heavy (non-hydrogen) atoms. The van der Waals surface area contributed by atoms with E-state index in [1.54, 1.807) is 6.07 Å². The lowest BCUT2D eigenvalue weighted by Gasteiger charge is -2.32. The van der Waals surface area contributed by atoms with Crippen LogP contribution in [0.3, 0.4) is 0 Å². The molecule has 0 radical (unpaired) electrons. The molecule has 3 amide bonds. The number of fused-ring (bicyclic) bond motifs is 2. The molecule has 0 saturated carbocycles. The fraction of sp³-hybridized carbons (Fsp3) is 0.360. The van der Waals surface area contributed by atoms with Gasteiger partial charge in [0, 0.05) is 36.7 Å². The number of nitrogens with zero attached hydrogens (tertiary/aromatic N) is 4. The molecule has 0 spiro atoms. The number of likely N-dealkylation sites (tertiary alicyclic amines) is 1. The van der Waals surface area contributed by atoms with Crippen LogP contribution in [-0.2, 0) is 22.7 Å². The van der Waals surface area contributed by atoms with Gasteiger partial charge in [-0.3, -0.25) is 19.3 Å². The molecular weight excluding hydrogens is 418 g/mol. The third kappa shape index (κ3) is 3.41. The number of imide groups is 1. The summed E-state index contributed by atoms with van der Waals surface area (Å²) in [6.07, 6.45) is 5.52. The SMILES string of the molecule is O=C1c2ccc(-c3cc(CN4CCCC4)c4[nH]ccc4n3)cc2CN1N1C(=O)CCCC1=O. The van der Waals surface area contributed by atoms with Crippen molar-refractivity contribution in [3.05, 3.63) is 53.2 Å². The molecule has 3 aromatic rings. The third-order valence-electron chi connectivity index (χ3n) is 6.87. The van der Waals surface area contributed by atoms with Gasteiger partial charge in [0.1, 0.15) is 0 Å². The number of piperidine rings is 1. The summed E-state index contributed by atoms with van der Waals surface area (Å²) in [5.74, 6) is -0.915. The Kier molecular flexibility index (Phi) is 4.76. The number of amides is 3. The molecule has 0 aliphatic carbocycles. The summed E-state index contributed by atoms with van der Waals surface area (Å²) in [6, 6.07) is 9.77. The van der Waals surface area contributed by atoms with Gasteiger partial charge in [-0.2, -0.15) is 5.01 Å². The van der Waals surface area contributed by atoms with E-state index in [1.165, 1.54) is 23.4 Å². The monoisotopic (exact) mass is 443 g/mol. The van der Waals surface area contributed by atoms with Crippen LogP contribution in [0.15, 0.2) is 36.5 Å². The average molecular weight is 444 g/mol. The van der Waals surface area contributed by atoms with Gasteiger partial charge in [0.05, 0.1) is 23.3 Å². The van der Waals surface area contributed by atoms with E-state index in [2.05, 4.69) is 16.0 Å². The number of aromatic nitrogens is 2. The van der Waals surface area contributed by atoms with Crippen molar-refractivity contribution in [3.8, 4) is 11.3 Å². The van der Waals surface area contributed by atoms with Crippen molar-refractivity contribution in [2.45, 2.75) is 45.2 Å². The smallest absolute Gasteiger partial charge is 0.273 e. The Morgan fingerprint density at radius 1 is 0.939 bits per heavy atom. The summed E-state index contributed by atoms with van der Waals surface area (Å²) in [6.45, 7) is 3.32. The number of benzene rings is 1. The Morgan fingerprint density at radius 3 is 2.52 bits per heavy atom. The topological polar surface area (TPSA) is 89.6 Å². The minimum absolute atomic E-state index is 0.215. The second kappa shape index (κ2) is 7.81. The first-order chi connectivity index (χ1) is 16.1. The molecular formula is C25H25N5O3. The fourth-order valence-corrected chi connectivity index (χ4v) is 5.20. The molecule has 3 aliphatic heterocycles. The van der Waals surface area contributed by atoms with E-state index < -0.39 is 0 Å². The molecule has 0 unspecified atom stereocenters. The van der Waals surface area contributed by atoms with E-state index in [1.807, 2.05) is 24.4 Å². The Labute approximate surface area is 191 Å². The first-order valence-electron chi connectivity index (χ1n) is 11.6. The van der Waals surface area contributed by atoms with Crippen LogP contribution in [0.4, 0.5) is 0 Å². The van der Waals surface area contributed by atoms with E-state index >= 15 is 0 Å². The number of aromatic amines is 1. The van der Waals surface area contributed by atoms with Crippen molar-refractivity contribution in [1.82, 2.24) is 24.9 Å². The molecule has 0 bridgehead atoms. The van der Waals surface area contributed by atoms with Gasteiger partial charge in [-0.15, -0.1) is 0 Å². The Hall–Kier alpha value is -3.52. The van der Waals surface area contributed by atoms with Gasteiger partial charge in [0.15, 0.2) is 0 Å². The quantitative estimate of drug-likeness (QED) is 0.626. The van der Waals surface area contributed by atoms with E-state index in [0.29, 0.717) is 12.0 Å². The van der Waals surface area contributed by atoms with Crippen LogP contribution in [0, 0.1) is 0 Å². The molecule has 2 saturated heterocycles. The lowest BCUT2D eigenvalue weighted by molar-refractivity contribution is -0.163. The second-order valence-electron chi connectivity index (χ2n) is 9.08. The number of hydrazine groups is 1. The maximum atomic E-state index is 13.0. The van der Waals surface area contributed by atoms with E-state index in [4.69, 9.17) is 4.98 Å². The van der Waals surface area contributed by atoms with E-state index in [0.717, 1.165) is 52.5 Å². The second-order valence-corrected chi connectivity index (χ2v) is 9.08. The van der Waals surface area contributed by atoms with Crippen LogP contribution >= 0.6 is 0 Å². The van der Waals surface area contributed by atoms with Crippen LogP contribution in [0.2, 0.25) is 0 Å². The zero-order valence-electron chi connectivity index (χ0n) is 18.3. The number of carbonyl (C=O) groups excluding carboxylic acids is 3. The Balaban J connectivity index is 1.34. The van der Waals surface area contributed by atoms with Crippen molar-refractivity contribution in [3.63, 3.8) is 0 Å². The van der Waals surface area contributed by atoms with Gasteiger partial charge in [0.25, 0.3) is 5.91 Å². The maximum Gasteiger partial charge on any atom is 0.273 e. The Bertz CT molecular complexity index is 1270. The minimum Gasteiger partial charge on any atom is -0.360 e. The highest BCUT2D eigenvalue weighted by Gasteiger charge is 2.39. The molecule has 8 nitrogen and oxygen atoms in total. The summed E-state index contributed by atoms with van der Waals surface area (Å²) in [7, 11) is 0. The zero-order valence-corrected chi connectivity index (χ0v) is 18.3. The molecule has 2 fully saturated rings. The summed E-state index contributed by atoms with van der Waals surface area (Å²) in [5.41, 5.74) is 6.32. The standard InChI is InChI=1S/C25H25N5O3/c31-22-4-3-5-23(32)30(22)29-15-17-12-16(6-7-19(17)25(29)33)21-13-18(14-28-10-1-2-11-28)24-20(27-21)8-9-26-24/h6-9,12-13,26H,1-5,10-11,14-15H2. The summed E-state index contributed by atoms with van der Waals surface area (Å²) >= 11 is 0. The minimum atomic E-state index is -0.307. The van der Waals surface area contributed by atoms with Crippen LogP contribution in [0.5, 0.6) is 0 Å². The van der Waals surface area contributed by atoms with Gasteiger partial charge in [-0.25, -0.2) is 9.99 Å². The summed E-state index contributed by atoms with van der Waals surface area (Å²) in [4.78, 5) is 48.3. The molecule has 3 aliphatic rings. The van der Waals surface area contributed by atoms with Crippen molar-refractivity contribution >= 4 is 28.8 Å². The van der Waals surface area contributed by atoms with Gasteiger partial charge in [0.2, 0.25) is 11.8 Å². The van der Waals surface area contributed by atoms with Gasteiger partial charge >= 0.3 is 0 Å². The fourth-order valence-electron chi connectivity index (χ4n) is 5.20. The molecule has 6 rings (SSSR count). The largest absolute Gasteiger partial charge is 0.360 e. The van der Waals surface area contributed by atoms with Gasteiger partial charge in [-0.05, 0) is 67.7 Å². The third-order valence-corrected chi connectivity index (χ3v) is 6.87. The average Bonchev–Trinajstić information content (AvgIpc) is 3.55. The zero-order chi connectivity index (χ0) is 22.5. The molecule has 5 heterocycles. The van der Waals surface area contributed by atoms with Crippen molar-refractivity contribution in [2.75, 3.05) is 13.1 Å². The first-order valence-corrected chi connectivity index (χ1v) is 11.6. The lowest BCUT2D eigenvalue weighted by atomic mass is 10.0. The van der Waals surface area contributed by atoms with Crippen LogP contribution < -0.4 is 0 Å². The highest BCUT2D eigenvalue weighted by Crippen LogP contribution is 2.32. The van der Waals surface area contributed by atoms with Crippen LogP contribution in [0.25, 0.3) is 22.3 Å². The first kappa shape index (κ1) is 20.1. The predicted octanol–water partition coefficient (Wildman–Crippen LogP) is 3.24. The molecule has 168 valence electrons. The highest BCUT2D eigenvalue weighted by molar-refractivity contribution is 6.04. The maximum absolute atomic E-state index is 13.0. The molecule has 2 aromatic heterocycles. The van der Waals surface area contributed by atoms with Gasteiger partial charge in [-0.1, -0.05) is 6.07 Å². The highest BCUT2D eigenvalue weighted by atomic mass is 16.2. The van der Waals surface area contributed by atoms with Crippen molar-refractivity contribution in [2.24, 2.45) is 0 Å². The van der Waals surface area contributed by atoms with Crippen molar-refractivity contribution < 1.29 is 14.4 Å². The summed E-state index contributed by atoms with van der Waals surface area (Å²) in [5, 5.41) is 2.34. The van der Waals surface area contributed by atoms with Crippen LogP contribution in [0.1, 0.15) is 53.6 Å². The number of hydrogen-bond acceptors (Lipinski definition) is 5. The molecule has 1 N–H and O–H groups in total. The number of pyridine rings is 1. The molecule has 1 aromatic carbocycles.